The first-order valence-electron chi connectivity index (χ1n) is 10.9. The molecule has 0 aliphatic carbocycles. The van der Waals surface area contributed by atoms with Crippen LogP contribution >= 0.6 is 11.8 Å². The molecule has 0 aliphatic rings. The Morgan fingerprint density at radius 1 is 1.12 bits per heavy atom. The maximum Gasteiger partial charge on any atom is 0.238 e. The zero-order valence-electron chi connectivity index (χ0n) is 18.5. The molecule has 1 N–H and O–H groups in total. The molecular weight excluding hydrogens is 422 g/mol. The Labute approximate surface area is 191 Å². The zero-order chi connectivity index (χ0) is 22.5. The molecule has 0 saturated heterocycles. The number of nitrogens with one attached hydrogen (secondary N) is 1. The molecule has 0 spiro atoms. The van der Waals surface area contributed by atoms with Crippen LogP contribution in [0.1, 0.15) is 33.1 Å². The zero-order valence-corrected chi connectivity index (χ0v) is 19.4. The Balaban J connectivity index is 1.62. The van der Waals surface area contributed by atoms with Gasteiger partial charge in [0.05, 0.1) is 23.6 Å². The number of unbranched alkanes of at least 4 members (excludes halogenated alkanes) is 1. The van der Waals surface area contributed by atoms with Gasteiger partial charge in [0, 0.05) is 11.9 Å². The first-order chi connectivity index (χ1) is 15.7. The number of rotatable bonds is 9. The molecule has 1 atom stereocenters. The Bertz CT molecular complexity index is 1240. The number of carbonyl (C=O) groups excluding carboxylic acids is 1. The summed E-state index contributed by atoms with van der Waals surface area (Å²) in [6.07, 6.45) is 2.78. The summed E-state index contributed by atoms with van der Waals surface area (Å²) in [6.45, 7) is 5.02. The lowest BCUT2D eigenvalue weighted by Crippen LogP contribution is -2.25. The van der Waals surface area contributed by atoms with Gasteiger partial charge in [-0.3, -0.25) is 4.79 Å². The van der Waals surface area contributed by atoms with Gasteiger partial charge >= 0.3 is 0 Å². The van der Waals surface area contributed by atoms with Crippen LogP contribution in [0.5, 0.6) is 5.75 Å². The van der Waals surface area contributed by atoms with Crippen molar-refractivity contribution in [1.29, 1.82) is 0 Å². The largest absolute Gasteiger partial charge is 0.495 e. The number of para-hydroxylation sites is 3. The second-order valence-corrected chi connectivity index (χ2v) is 8.66. The summed E-state index contributed by atoms with van der Waals surface area (Å²) in [6, 6.07) is 15.6. The number of benzene rings is 2. The minimum Gasteiger partial charge on any atom is -0.495 e. The number of nitrogens with zero attached hydrogens (tertiary/aromatic N) is 4. The Morgan fingerprint density at radius 3 is 2.69 bits per heavy atom. The van der Waals surface area contributed by atoms with Crippen molar-refractivity contribution >= 4 is 45.4 Å². The van der Waals surface area contributed by atoms with Crippen molar-refractivity contribution in [2.45, 2.75) is 50.1 Å². The predicted molar refractivity (Wildman–Crippen MR) is 129 cm³/mol. The number of fused-ring (bicyclic) bond motifs is 3. The number of anilines is 1. The third-order valence-corrected chi connectivity index (χ3v) is 6.58. The van der Waals surface area contributed by atoms with E-state index in [4.69, 9.17) is 9.72 Å². The van der Waals surface area contributed by atoms with Gasteiger partial charge in [-0.2, -0.15) is 0 Å². The van der Waals surface area contributed by atoms with Gasteiger partial charge in [-0.05, 0) is 31.0 Å². The van der Waals surface area contributed by atoms with E-state index < -0.39 is 0 Å². The van der Waals surface area contributed by atoms with E-state index in [1.54, 1.807) is 7.11 Å². The quantitative estimate of drug-likeness (QED) is 0.349. The van der Waals surface area contributed by atoms with Gasteiger partial charge < -0.3 is 14.6 Å². The SMILES string of the molecule is CCCCn1c2ccccc2c2nnc(SC(CC)C(=O)Nc3ccccc3OC)nc21. The fourth-order valence-electron chi connectivity index (χ4n) is 3.69. The van der Waals surface area contributed by atoms with E-state index in [0.29, 0.717) is 23.0 Å². The van der Waals surface area contributed by atoms with E-state index >= 15 is 0 Å². The van der Waals surface area contributed by atoms with Crippen molar-refractivity contribution in [3.63, 3.8) is 0 Å². The molecule has 1 amide bonds. The minimum atomic E-state index is -0.354. The summed E-state index contributed by atoms with van der Waals surface area (Å²) < 4.78 is 7.55. The molecule has 7 nitrogen and oxygen atoms in total. The number of hydrogen-bond acceptors (Lipinski definition) is 6. The molecule has 1 unspecified atom stereocenters. The topological polar surface area (TPSA) is 81.9 Å². The first kappa shape index (κ1) is 22.1. The lowest BCUT2D eigenvalue weighted by molar-refractivity contribution is -0.115. The molecule has 4 rings (SSSR count). The van der Waals surface area contributed by atoms with Crippen LogP contribution in [0.25, 0.3) is 22.1 Å². The molecule has 32 heavy (non-hydrogen) atoms. The molecule has 0 aliphatic heterocycles. The van der Waals surface area contributed by atoms with Gasteiger partial charge in [-0.25, -0.2) is 4.98 Å². The summed E-state index contributed by atoms with van der Waals surface area (Å²) in [5, 5.41) is 13.0. The van der Waals surface area contributed by atoms with Crippen molar-refractivity contribution < 1.29 is 9.53 Å². The van der Waals surface area contributed by atoms with Crippen LogP contribution < -0.4 is 10.1 Å². The Hall–Kier alpha value is -3.13. The normalized spacial score (nSPS) is 12.2. The van der Waals surface area contributed by atoms with Crippen LogP contribution in [0.3, 0.4) is 0 Å². The van der Waals surface area contributed by atoms with Gasteiger partial charge in [0.15, 0.2) is 5.65 Å². The highest BCUT2D eigenvalue weighted by molar-refractivity contribution is 8.00. The fraction of sp³-hybridized carbons (Fsp3) is 0.333. The highest BCUT2D eigenvalue weighted by Gasteiger charge is 2.22. The van der Waals surface area contributed by atoms with Crippen LogP contribution in [0, 0.1) is 0 Å². The highest BCUT2D eigenvalue weighted by Crippen LogP contribution is 2.30. The molecule has 4 aromatic rings. The van der Waals surface area contributed by atoms with Crippen molar-refractivity contribution in [3.8, 4) is 5.75 Å². The molecule has 0 bridgehead atoms. The number of amides is 1. The maximum absolute atomic E-state index is 13.0. The maximum atomic E-state index is 13.0. The third kappa shape index (κ3) is 4.41. The van der Waals surface area contributed by atoms with Crippen molar-refractivity contribution in [2.24, 2.45) is 0 Å². The average molecular weight is 450 g/mol. The summed E-state index contributed by atoms with van der Waals surface area (Å²) in [5.74, 6) is 0.512. The van der Waals surface area contributed by atoms with Crippen molar-refractivity contribution in [1.82, 2.24) is 19.7 Å². The van der Waals surface area contributed by atoms with E-state index in [-0.39, 0.29) is 11.2 Å². The molecule has 2 heterocycles. The second-order valence-electron chi connectivity index (χ2n) is 7.49. The predicted octanol–water partition coefficient (Wildman–Crippen LogP) is 5.30. The Kier molecular flexibility index (Phi) is 6.90. The van der Waals surface area contributed by atoms with Crippen LogP contribution in [0.4, 0.5) is 5.69 Å². The molecule has 2 aromatic heterocycles. The number of aryl methyl sites for hydroxylation is 1. The second kappa shape index (κ2) is 9.99. The summed E-state index contributed by atoms with van der Waals surface area (Å²) in [5.41, 5.74) is 3.37. The monoisotopic (exact) mass is 449 g/mol. The van der Waals surface area contributed by atoms with E-state index in [0.717, 1.165) is 41.5 Å². The molecular formula is C24H27N5O2S. The van der Waals surface area contributed by atoms with E-state index in [1.165, 1.54) is 11.8 Å². The van der Waals surface area contributed by atoms with Crippen molar-refractivity contribution in [3.05, 3.63) is 48.5 Å². The fourth-order valence-corrected chi connectivity index (χ4v) is 4.51. The standard InChI is InChI=1S/C24H27N5O2S/c1-4-6-15-29-18-13-9-7-11-16(18)21-22(29)26-24(28-27-21)32-20(5-2)23(30)25-17-12-8-10-14-19(17)31-3/h7-14,20H,4-6,15H2,1-3H3,(H,25,30). The van der Waals surface area contributed by atoms with Crippen LogP contribution in [0.2, 0.25) is 0 Å². The summed E-state index contributed by atoms with van der Waals surface area (Å²) in [4.78, 5) is 17.8. The highest BCUT2D eigenvalue weighted by atomic mass is 32.2. The number of methoxy groups -OCH3 is 1. The van der Waals surface area contributed by atoms with Gasteiger partial charge in [-0.1, -0.05) is 62.4 Å². The van der Waals surface area contributed by atoms with Gasteiger partial charge in [-0.15, -0.1) is 10.2 Å². The average Bonchev–Trinajstić information content (AvgIpc) is 3.14. The number of carbonyl (C=O) groups is 1. The van der Waals surface area contributed by atoms with Crippen LogP contribution in [-0.2, 0) is 11.3 Å². The molecule has 8 heteroatoms. The van der Waals surface area contributed by atoms with Gasteiger partial charge in [0.25, 0.3) is 0 Å². The van der Waals surface area contributed by atoms with Gasteiger partial charge in [0.2, 0.25) is 11.1 Å². The molecule has 0 radical (unpaired) electrons. The minimum absolute atomic E-state index is 0.114. The number of thioether (sulfide) groups is 1. The number of hydrogen-bond donors (Lipinski definition) is 1. The van der Waals surface area contributed by atoms with Crippen LogP contribution in [-0.4, -0.2) is 38.0 Å². The molecule has 0 saturated carbocycles. The van der Waals surface area contributed by atoms with E-state index in [1.807, 2.05) is 43.3 Å². The first-order valence-corrected chi connectivity index (χ1v) is 11.8. The van der Waals surface area contributed by atoms with E-state index in [9.17, 15) is 4.79 Å². The Morgan fingerprint density at radius 2 is 1.91 bits per heavy atom. The number of aromatic nitrogens is 4. The van der Waals surface area contributed by atoms with Crippen molar-refractivity contribution in [2.75, 3.05) is 12.4 Å². The molecule has 2 aromatic carbocycles. The smallest absolute Gasteiger partial charge is 0.238 e. The summed E-state index contributed by atoms with van der Waals surface area (Å²) in [7, 11) is 1.59. The van der Waals surface area contributed by atoms with Crippen LogP contribution in [0.15, 0.2) is 53.7 Å². The third-order valence-electron chi connectivity index (χ3n) is 5.37. The number of ether oxygens (including phenoxy) is 1. The van der Waals surface area contributed by atoms with E-state index in [2.05, 4.69) is 39.1 Å². The van der Waals surface area contributed by atoms with Gasteiger partial charge in [0.1, 0.15) is 11.3 Å². The molecule has 0 fully saturated rings. The molecule has 166 valence electrons. The lowest BCUT2D eigenvalue weighted by Gasteiger charge is -2.15. The summed E-state index contributed by atoms with van der Waals surface area (Å²) >= 11 is 1.34. The lowest BCUT2D eigenvalue weighted by atomic mass is 10.2.